The smallest absolute Gasteiger partial charge is 0.255 e. The summed E-state index contributed by atoms with van der Waals surface area (Å²) in [6, 6.07) is 5.88. The largest absolute Gasteiger partial charge is 0.339 e. The number of carbonyl (C=O) groups excluding carboxylic acids is 1. The summed E-state index contributed by atoms with van der Waals surface area (Å²) in [6.45, 7) is 4.86. The number of halogens is 1. The van der Waals surface area contributed by atoms with Gasteiger partial charge in [-0.1, -0.05) is 12.1 Å². The van der Waals surface area contributed by atoms with Gasteiger partial charge in [-0.15, -0.1) is 0 Å². The maximum absolute atomic E-state index is 12.6. The molecule has 1 amide bonds. The van der Waals surface area contributed by atoms with Crippen LogP contribution in [0.5, 0.6) is 0 Å². The minimum atomic E-state index is 0.160. The molecular weight excluding hydrogens is 316 g/mol. The van der Waals surface area contributed by atoms with Gasteiger partial charge >= 0.3 is 0 Å². The van der Waals surface area contributed by atoms with Crippen LogP contribution in [0, 0.1) is 12.8 Å². The van der Waals surface area contributed by atoms with Crippen LogP contribution in [0.15, 0.2) is 22.7 Å². The fraction of sp³-hybridized carbons (Fsp3) is 0.562. The molecule has 0 saturated carbocycles. The zero-order valence-corrected chi connectivity index (χ0v) is 13.9. The van der Waals surface area contributed by atoms with Crippen LogP contribution in [0.25, 0.3) is 0 Å². The van der Waals surface area contributed by atoms with E-state index in [1.807, 2.05) is 37.1 Å². The molecule has 0 bridgehead atoms. The Morgan fingerprint density at radius 3 is 2.75 bits per heavy atom. The molecule has 20 heavy (non-hydrogen) atoms. The Morgan fingerprint density at radius 2 is 2.10 bits per heavy atom. The highest BCUT2D eigenvalue weighted by atomic mass is 79.9. The molecule has 0 radical (unpaired) electrons. The molecule has 0 aliphatic carbocycles. The average molecular weight is 339 g/mol. The van der Waals surface area contributed by atoms with Crippen molar-refractivity contribution in [2.45, 2.75) is 26.2 Å². The van der Waals surface area contributed by atoms with Crippen LogP contribution in [-0.2, 0) is 0 Å². The van der Waals surface area contributed by atoms with Crippen molar-refractivity contribution >= 4 is 21.8 Å². The summed E-state index contributed by atoms with van der Waals surface area (Å²) in [4.78, 5) is 14.6. The Hall–Kier alpha value is -0.870. The van der Waals surface area contributed by atoms with E-state index >= 15 is 0 Å². The number of piperidine rings is 1. The molecule has 1 aliphatic rings. The van der Waals surface area contributed by atoms with Crippen molar-refractivity contribution in [2.75, 3.05) is 26.7 Å². The van der Waals surface area contributed by atoms with E-state index in [1.54, 1.807) is 0 Å². The van der Waals surface area contributed by atoms with Crippen molar-refractivity contribution in [1.29, 1.82) is 0 Å². The number of aryl methyl sites for hydroxylation is 1. The lowest BCUT2D eigenvalue weighted by Gasteiger charge is -2.32. The summed E-state index contributed by atoms with van der Waals surface area (Å²) in [5.41, 5.74) is 1.90. The maximum Gasteiger partial charge on any atom is 0.255 e. The molecule has 0 unspecified atom stereocenters. The molecule has 4 heteroatoms. The molecule has 1 saturated heterocycles. The second-order valence-corrected chi connectivity index (χ2v) is 6.36. The van der Waals surface area contributed by atoms with Gasteiger partial charge in [0.15, 0.2) is 0 Å². The van der Waals surface area contributed by atoms with E-state index in [-0.39, 0.29) is 5.91 Å². The molecular formula is C16H23BrN2O. The molecule has 0 spiro atoms. The van der Waals surface area contributed by atoms with Gasteiger partial charge in [-0.2, -0.15) is 0 Å². The quantitative estimate of drug-likeness (QED) is 0.914. The highest BCUT2D eigenvalue weighted by Gasteiger charge is 2.24. The van der Waals surface area contributed by atoms with Crippen molar-refractivity contribution in [3.05, 3.63) is 33.8 Å². The van der Waals surface area contributed by atoms with Gasteiger partial charge < -0.3 is 10.2 Å². The topological polar surface area (TPSA) is 32.3 Å². The number of benzene rings is 1. The zero-order valence-electron chi connectivity index (χ0n) is 12.3. The Morgan fingerprint density at radius 1 is 1.40 bits per heavy atom. The molecule has 2 rings (SSSR count). The Balaban J connectivity index is 1.96. The van der Waals surface area contributed by atoms with Crippen LogP contribution >= 0.6 is 15.9 Å². The third-order valence-corrected chi connectivity index (χ3v) is 5.18. The summed E-state index contributed by atoms with van der Waals surface area (Å²) in [5, 5.41) is 3.20. The van der Waals surface area contributed by atoms with Gasteiger partial charge in [0.05, 0.1) is 5.56 Å². The summed E-state index contributed by atoms with van der Waals surface area (Å²) in [6.07, 6.45) is 3.46. The molecule has 1 heterocycles. The first kappa shape index (κ1) is 15.5. The molecule has 0 aromatic heterocycles. The Labute approximate surface area is 129 Å². The van der Waals surface area contributed by atoms with E-state index < -0.39 is 0 Å². The molecule has 1 aromatic rings. The molecule has 3 nitrogen and oxygen atoms in total. The van der Waals surface area contributed by atoms with E-state index in [0.717, 1.165) is 54.0 Å². The third kappa shape index (κ3) is 3.61. The second kappa shape index (κ2) is 7.23. The van der Waals surface area contributed by atoms with Crippen molar-refractivity contribution < 1.29 is 4.79 Å². The predicted octanol–water partition coefficient (Wildman–Crippen LogP) is 3.22. The number of hydrogen-bond donors (Lipinski definition) is 1. The van der Waals surface area contributed by atoms with Gasteiger partial charge in [-0.3, -0.25) is 4.79 Å². The molecule has 0 atom stereocenters. The summed E-state index contributed by atoms with van der Waals surface area (Å²) in [7, 11) is 1.99. The molecule has 1 aliphatic heterocycles. The lowest BCUT2D eigenvalue weighted by atomic mass is 9.93. The van der Waals surface area contributed by atoms with Gasteiger partial charge in [0.2, 0.25) is 0 Å². The average Bonchev–Trinajstić information content (AvgIpc) is 2.48. The first-order valence-corrected chi connectivity index (χ1v) is 8.11. The third-order valence-electron chi connectivity index (χ3n) is 4.13. The molecule has 1 N–H and O–H groups in total. The fourth-order valence-corrected chi connectivity index (χ4v) is 3.19. The standard InChI is InChI=1S/C16H23BrN2O/c1-12-4-3-5-14(15(12)17)16(20)19-10-7-13(8-11-19)6-9-18-2/h3-5,13,18H,6-11H2,1-2H3. The predicted molar refractivity (Wildman–Crippen MR) is 86.1 cm³/mol. The van der Waals surface area contributed by atoms with Crippen LogP contribution < -0.4 is 5.32 Å². The van der Waals surface area contributed by atoms with Crippen molar-refractivity contribution in [3.63, 3.8) is 0 Å². The van der Waals surface area contributed by atoms with Crippen molar-refractivity contribution in [1.82, 2.24) is 10.2 Å². The highest BCUT2D eigenvalue weighted by molar-refractivity contribution is 9.10. The lowest BCUT2D eigenvalue weighted by molar-refractivity contribution is 0.0686. The van der Waals surface area contributed by atoms with Gasteiger partial charge in [0.1, 0.15) is 0 Å². The van der Waals surface area contributed by atoms with Gasteiger partial charge in [-0.05, 0) is 73.3 Å². The fourth-order valence-electron chi connectivity index (χ4n) is 2.76. The summed E-state index contributed by atoms with van der Waals surface area (Å²) >= 11 is 3.54. The van der Waals surface area contributed by atoms with Gasteiger partial charge in [0, 0.05) is 17.6 Å². The number of hydrogen-bond acceptors (Lipinski definition) is 2. The minimum Gasteiger partial charge on any atom is -0.339 e. The van der Waals surface area contributed by atoms with E-state index in [0.29, 0.717) is 0 Å². The van der Waals surface area contributed by atoms with Crippen LogP contribution in [0.2, 0.25) is 0 Å². The number of amides is 1. The van der Waals surface area contributed by atoms with E-state index in [2.05, 4.69) is 21.2 Å². The summed E-state index contributed by atoms with van der Waals surface area (Å²) in [5.74, 6) is 0.917. The van der Waals surface area contributed by atoms with Crippen molar-refractivity contribution in [2.24, 2.45) is 5.92 Å². The van der Waals surface area contributed by atoms with E-state index in [4.69, 9.17) is 0 Å². The number of likely N-dealkylation sites (tertiary alicyclic amines) is 1. The van der Waals surface area contributed by atoms with Crippen LogP contribution in [0.3, 0.4) is 0 Å². The number of nitrogens with zero attached hydrogens (tertiary/aromatic N) is 1. The maximum atomic E-state index is 12.6. The molecule has 1 fully saturated rings. The highest BCUT2D eigenvalue weighted by Crippen LogP contribution is 2.25. The van der Waals surface area contributed by atoms with E-state index in [9.17, 15) is 4.79 Å². The molecule has 110 valence electrons. The van der Waals surface area contributed by atoms with Crippen LogP contribution in [-0.4, -0.2) is 37.5 Å². The zero-order chi connectivity index (χ0) is 14.5. The number of nitrogens with one attached hydrogen (secondary N) is 1. The number of rotatable bonds is 4. The Kier molecular flexibility index (Phi) is 5.61. The minimum absolute atomic E-state index is 0.160. The lowest BCUT2D eigenvalue weighted by Crippen LogP contribution is -2.39. The van der Waals surface area contributed by atoms with Gasteiger partial charge in [-0.25, -0.2) is 0 Å². The van der Waals surface area contributed by atoms with E-state index in [1.165, 1.54) is 6.42 Å². The SMILES string of the molecule is CNCCC1CCN(C(=O)c2cccc(C)c2Br)CC1. The summed E-state index contributed by atoms with van der Waals surface area (Å²) < 4.78 is 0.933. The second-order valence-electron chi connectivity index (χ2n) is 5.56. The Bertz CT molecular complexity index is 468. The van der Waals surface area contributed by atoms with Gasteiger partial charge in [0.25, 0.3) is 5.91 Å². The first-order chi connectivity index (χ1) is 9.63. The normalized spacial score (nSPS) is 16.4. The van der Waals surface area contributed by atoms with Crippen molar-refractivity contribution in [3.8, 4) is 0 Å². The van der Waals surface area contributed by atoms with Crippen LogP contribution in [0.1, 0.15) is 35.2 Å². The molecule has 1 aromatic carbocycles. The van der Waals surface area contributed by atoms with Crippen LogP contribution in [0.4, 0.5) is 0 Å². The number of carbonyl (C=O) groups is 1. The monoisotopic (exact) mass is 338 g/mol. The first-order valence-electron chi connectivity index (χ1n) is 7.32.